The van der Waals surface area contributed by atoms with Crippen LogP contribution in [0.3, 0.4) is 0 Å². The van der Waals surface area contributed by atoms with Crippen molar-refractivity contribution in [3.63, 3.8) is 0 Å². The molecule has 3 aromatic carbocycles. The number of anilines is 1. The number of nitrogens with zero attached hydrogens (tertiary/aromatic N) is 1. The van der Waals surface area contributed by atoms with Crippen LogP contribution in [0.2, 0.25) is 5.02 Å². The molecule has 1 aromatic heterocycles. The highest BCUT2D eigenvalue weighted by molar-refractivity contribution is 8.00. The molecule has 2 saturated carbocycles. The van der Waals surface area contributed by atoms with E-state index >= 15 is 0 Å². The smallest absolute Gasteiger partial charge is 0.305 e. The van der Waals surface area contributed by atoms with Gasteiger partial charge in [-0.1, -0.05) is 65.4 Å². The number of para-hydroxylation sites is 1. The van der Waals surface area contributed by atoms with Crippen LogP contribution in [-0.4, -0.2) is 22.0 Å². The molecule has 42 heavy (non-hydrogen) atoms. The lowest BCUT2D eigenvalue weighted by molar-refractivity contribution is -0.123. The van der Waals surface area contributed by atoms with E-state index in [4.69, 9.17) is 16.3 Å². The molecule has 2 aliphatic carbocycles. The maximum Gasteiger partial charge on any atom is 0.305 e. The van der Waals surface area contributed by atoms with Crippen molar-refractivity contribution in [2.75, 3.05) is 4.90 Å². The molecule has 2 aliphatic heterocycles. The summed E-state index contributed by atoms with van der Waals surface area (Å²) in [6.07, 6.45) is 0.827. The number of H-pyrrole nitrogens is 1. The molecule has 1 saturated heterocycles. The number of thiazole rings is 1. The van der Waals surface area contributed by atoms with Crippen LogP contribution < -0.4 is 14.5 Å². The van der Waals surface area contributed by atoms with Crippen molar-refractivity contribution in [2.45, 2.75) is 36.1 Å². The number of aromatic amines is 1. The van der Waals surface area contributed by atoms with Crippen molar-refractivity contribution < 1.29 is 14.3 Å². The number of hydrogen-bond donors (Lipinski definition) is 1. The van der Waals surface area contributed by atoms with Gasteiger partial charge >= 0.3 is 4.87 Å². The van der Waals surface area contributed by atoms with E-state index in [-0.39, 0.29) is 57.4 Å². The van der Waals surface area contributed by atoms with Gasteiger partial charge in [-0.25, -0.2) is 0 Å². The van der Waals surface area contributed by atoms with Gasteiger partial charge in [0.2, 0.25) is 11.8 Å². The van der Waals surface area contributed by atoms with Gasteiger partial charge in [-0.3, -0.25) is 19.3 Å². The van der Waals surface area contributed by atoms with E-state index in [1.54, 1.807) is 11.8 Å². The monoisotopic (exact) mass is 614 g/mol. The summed E-state index contributed by atoms with van der Waals surface area (Å²) in [7, 11) is 0. The van der Waals surface area contributed by atoms with Crippen LogP contribution in [-0.2, 0) is 16.2 Å². The lowest BCUT2D eigenvalue weighted by Crippen LogP contribution is -2.42. The average Bonchev–Trinajstić information content (AvgIpc) is 3.72. The predicted molar refractivity (Wildman–Crippen MR) is 164 cm³/mol. The summed E-state index contributed by atoms with van der Waals surface area (Å²) in [4.78, 5) is 45.8. The van der Waals surface area contributed by atoms with Gasteiger partial charge in [0.15, 0.2) is 0 Å². The van der Waals surface area contributed by atoms with Crippen molar-refractivity contribution >= 4 is 52.2 Å². The van der Waals surface area contributed by atoms with Crippen LogP contribution in [0.5, 0.6) is 5.75 Å². The molecular weight excluding hydrogens is 588 g/mol. The number of thioether (sulfide) groups is 1. The standard InChI is InChI=1S/C33H27ClN2O4S2/c1-16-7-5-6-8-17(16)15-40-23-12-11-18(34)13-20(23)24-25-21-14-22(28(25)41-30-29(24)42-33(39)35-30)27-26(21)31(37)36(32(27)38)19-9-3-2-4-10-19/h2-13,21-22,24-28H,14-15H2,1H3,(H,35,39)/t21-,22-,24?,25?,26?,27?,28?/m1/s1. The third kappa shape index (κ3) is 3.88. The number of hydrogen-bond acceptors (Lipinski definition) is 6. The predicted octanol–water partition coefficient (Wildman–Crippen LogP) is 6.66. The van der Waals surface area contributed by atoms with Gasteiger partial charge in [0.1, 0.15) is 12.4 Å². The Morgan fingerprint density at radius 2 is 1.69 bits per heavy atom. The normalized spacial score (nSPS) is 29.0. The van der Waals surface area contributed by atoms with Crippen molar-refractivity contribution in [1.82, 2.24) is 4.98 Å². The number of carbonyl (C=O) groups excluding carboxylic acids is 2. The molecule has 0 radical (unpaired) electrons. The first-order chi connectivity index (χ1) is 20.4. The number of fused-ring (bicyclic) bond motifs is 9. The number of amides is 2. The molecule has 1 N–H and O–H groups in total. The first-order valence-corrected chi connectivity index (χ1v) is 16.3. The Kier molecular flexibility index (Phi) is 6.18. The van der Waals surface area contributed by atoms with E-state index in [2.05, 4.69) is 24.0 Å². The fourth-order valence-electron chi connectivity index (χ4n) is 8.02. The molecule has 6 nitrogen and oxygen atoms in total. The minimum Gasteiger partial charge on any atom is -0.489 e. The Labute approximate surface area is 256 Å². The number of nitrogens with one attached hydrogen (secondary N) is 1. The molecule has 2 bridgehead atoms. The Hall–Kier alpha value is -3.33. The van der Waals surface area contributed by atoms with Gasteiger partial charge in [-0.05, 0) is 72.6 Å². The van der Waals surface area contributed by atoms with Crippen LogP contribution in [0.4, 0.5) is 5.69 Å². The Balaban J connectivity index is 1.21. The Bertz CT molecular complexity index is 1800. The second-order valence-electron chi connectivity index (χ2n) is 11.7. The molecule has 4 aliphatic rings. The zero-order valence-electron chi connectivity index (χ0n) is 22.7. The lowest BCUT2D eigenvalue weighted by Gasteiger charge is -2.43. The summed E-state index contributed by atoms with van der Waals surface area (Å²) in [6.45, 7) is 2.47. The van der Waals surface area contributed by atoms with Crippen LogP contribution in [0.1, 0.15) is 33.9 Å². The van der Waals surface area contributed by atoms with Crippen molar-refractivity contribution in [1.29, 1.82) is 0 Å². The molecule has 212 valence electrons. The number of rotatable bonds is 5. The highest BCUT2D eigenvalue weighted by Crippen LogP contribution is 2.69. The lowest BCUT2D eigenvalue weighted by atomic mass is 9.68. The van der Waals surface area contributed by atoms with E-state index in [1.165, 1.54) is 16.2 Å². The number of aromatic nitrogens is 1. The Morgan fingerprint density at radius 3 is 2.48 bits per heavy atom. The fraction of sp³-hybridized carbons (Fsp3) is 0.303. The number of ether oxygens (including phenoxy) is 1. The zero-order valence-corrected chi connectivity index (χ0v) is 25.0. The average molecular weight is 615 g/mol. The van der Waals surface area contributed by atoms with Gasteiger partial charge < -0.3 is 9.72 Å². The van der Waals surface area contributed by atoms with E-state index in [1.807, 2.05) is 60.7 Å². The molecule has 2 amide bonds. The van der Waals surface area contributed by atoms with E-state index < -0.39 is 0 Å². The summed E-state index contributed by atoms with van der Waals surface area (Å²) >= 11 is 9.53. The SMILES string of the molecule is Cc1ccccc1COc1ccc(Cl)cc1C1c2sc(=O)[nH]c2SC2C1[C@H]1C[C@@H]2C2C(=O)N(c3ccccc3)C(=O)C21. The van der Waals surface area contributed by atoms with Crippen LogP contribution in [0, 0.1) is 36.5 Å². The van der Waals surface area contributed by atoms with Gasteiger partial charge in [0, 0.05) is 26.6 Å². The molecule has 8 rings (SSSR count). The molecule has 7 atom stereocenters. The van der Waals surface area contributed by atoms with E-state index in [0.29, 0.717) is 17.3 Å². The fourth-order valence-corrected chi connectivity index (χ4v) is 11.1. The molecule has 5 unspecified atom stereocenters. The summed E-state index contributed by atoms with van der Waals surface area (Å²) in [5.41, 5.74) is 3.82. The maximum atomic E-state index is 14.0. The van der Waals surface area contributed by atoms with E-state index in [9.17, 15) is 14.4 Å². The van der Waals surface area contributed by atoms with Crippen molar-refractivity contribution in [3.05, 3.63) is 109 Å². The topological polar surface area (TPSA) is 79.5 Å². The van der Waals surface area contributed by atoms with Crippen molar-refractivity contribution in [2.24, 2.45) is 29.6 Å². The first-order valence-electron chi connectivity index (χ1n) is 14.2. The number of benzene rings is 3. The number of halogens is 1. The van der Waals surface area contributed by atoms with Crippen LogP contribution in [0.15, 0.2) is 82.6 Å². The van der Waals surface area contributed by atoms with Crippen LogP contribution in [0.25, 0.3) is 0 Å². The summed E-state index contributed by atoms with van der Waals surface area (Å²) in [5, 5.41) is 1.55. The zero-order chi connectivity index (χ0) is 28.7. The molecule has 9 heteroatoms. The quantitative estimate of drug-likeness (QED) is 0.255. The molecule has 4 aromatic rings. The van der Waals surface area contributed by atoms with E-state index in [0.717, 1.165) is 38.8 Å². The molecule has 0 spiro atoms. The minimum absolute atomic E-state index is 0.0150. The first kappa shape index (κ1) is 26.3. The highest BCUT2D eigenvalue weighted by Gasteiger charge is 2.69. The second-order valence-corrected chi connectivity index (χ2v) is 14.3. The highest BCUT2D eigenvalue weighted by atomic mass is 35.5. The van der Waals surface area contributed by atoms with Crippen LogP contribution >= 0.6 is 34.7 Å². The summed E-state index contributed by atoms with van der Waals surface area (Å²) < 4.78 is 6.48. The third-order valence-corrected chi connectivity index (χ3v) is 12.5. The number of imide groups is 1. The Morgan fingerprint density at radius 1 is 0.952 bits per heavy atom. The van der Waals surface area contributed by atoms with Gasteiger partial charge in [-0.15, -0.1) is 11.8 Å². The molecule has 3 heterocycles. The second kappa shape index (κ2) is 9.86. The summed E-state index contributed by atoms with van der Waals surface area (Å²) in [6, 6.07) is 23.1. The van der Waals surface area contributed by atoms with Gasteiger partial charge in [-0.2, -0.15) is 0 Å². The number of aryl methyl sites for hydroxylation is 1. The third-order valence-electron chi connectivity index (χ3n) is 9.69. The molecule has 3 fully saturated rings. The van der Waals surface area contributed by atoms with Gasteiger partial charge in [0.25, 0.3) is 0 Å². The number of carbonyl (C=O) groups is 2. The molecular formula is C33H27ClN2O4S2. The van der Waals surface area contributed by atoms with Gasteiger partial charge in [0.05, 0.1) is 22.5 Å². The maximum absolute atomic E-state index is 14.0. The summed E-state index contributed by atoms with van der Waals surface area (Å²) in [5.74, 6) is -0.201. The van der Waals surface area contributed by atoms with Crippen molar-refractivity contribution in [3.8, 4) is 5.75 Å². The largest absolute Gasteiger partial charge is 0.489 e. The minimum atomic E-state index is -0.361.